The van der Waals surface area contributed by atoms with Gasteiger partial charge in [0.2, 0.25) is 0 Å². The first-order valence-corrected chi connectivity index (χ1v) is 10.9. The Morgan fingerprint density at radius 3 is 3.13 bits per heavy atom. The highest BCUT2D eigenvalue weighted by Gasteiger charge is 2.27. The summed E-state index contributed by atoms with van der Waals surface area (Å²) in [7, 11) is 0. The highest BCUT2D eigenvalue weighted by Crippen LogP contribution is 2.32. The van der Waals surface area contributed by atoms with E-state index in [9.17, 15) is 9.18 Å². The number of fused-ring (bicyclic) bond motifs is 2. The summed E-state index contributed by atoms with van der Waals surface area (Å²) >= 11 is 3.56. The van der Waals surface area contributed by atoms with E-state index in [0.717, 1.165) is 34.3 Å². The third-order valence-electron chi connectivity index (χ3n) is 5.44. The Hall–Kier alpha value is -2.48. The van der Waals surface area contributed by atoms with Crippen molar-refractivity contribution < 1.29 is 18.7 Å². The summed E-state index contributed by atoms with van der Waals surface area (Å²) in [6.07, 6.45) is 6.49. The molecule has 1 N–H and O–H groups in total. The Morgan fingerprint density at radius 1 is 1.43 bits per heavy atom. The maximum absolute atomic E-state index is 14.4. The predicted octanol–water partition coefficient (Wildman–Crippen LogP) is 4.19. The fraction of sp³-hybridized carbons (Fsp3) is 0.409. The van der Waals surface area contributed by atoms with Gasteiger partial charge in [-0.25, -0.2) is 14.2 Å². The molecule has 6 nitrogen and oxygen atoms in total. The van der Waals surface area contributed by atoms with Crippen LogP contribution in [-0.2, 0) is 22.5 Å². The number of aliphatic imine (C=N–C) groups is 2. The topological polar surface area (TPSA) is 72.3 Å². The van der Waals surface area contributed by atoms with Gasteiger partial charge in [0.25, 0.3) is 0 Å². The maximum atomic E-state index is 14.4. The number of amidine groups is 1. The first kappa shape index (κ1) is 20.8. The number of carbonyl (C=O) groups is 1. The lowest BCUT2D eigenvalue weighted by molar-refractivity contribution is -0.139. The van der Waals surface area contributed by atoms with Gasteiger partial charge in [-0.2, -0.15) is 0 Å². The fourth-order valence-electron chi connectivity index (χ4n) is 3.88. The molecular formula is C22H23BrFN3O3. The van der Waals surface area contributed by atoms with Gasteiger partial charge in [-0.1, -0.05) is 6.08 Å². The summed E-state index contributed by atoms with van der Waals surface area (Å²) in [5.41, 5.74) is 2.88. The smallest absolute Gasteiger partial charge is 0.354 e. The minimum atomic E-state index is -0.355. The molecule has 0 spiro atoms. The highest BCUT2D eigenvalue weighted by atomic mass is 79.9. The van der Waals surface area contributed by atoms with Crippen molar-refractivity contribution in [2.45, 2.75) is 39.2 Å². The molecule has 8 heteroatoms. The summed E-state index contributed by atoms with van der Waals surface area (Å²) in [5.74, 6) is 1.03. The van der Waals surface area contributed by atoms with Crippen LogP contribution in [0.15, 0.2) is 44.1 Å². The summed E-state index contributed by atoms with van der Waals surface area (Å²) in [5, 5.41) is 3.19. The number of halogens is 2. The molecule has 4 rings (SSSR count). The van der Waals surface area contributed by atoms with Crippen LogP contribution >= 0.6 is 15.9 Å². The van der Waals surface area contributed by atoms with E-state index in [4.69, 9.17) is 9.47 Å². The van der Waals surface area contributed by atoms with Crippen molar-refractivity contribution in [3.63, 3.8) is 0 Å². The normalized spacial score (nSPS) is 21.8. The van der Waals surface area contributed by atoms with Crippen molar-refractivity contribution >= 4 is 33.9 Å². The number of hydrogen-bond acceptors (Lipinski definition) is 5. The zero-order valence-electron chi connectivity index (χ0n) is 16.7. The monoisotopic (exact) mass is 475 g/mol. The van der Waals surface area contributed by atoms with Gasteiger partial charge < -0.3 is 14.8 Å². The van der Waals surface area contributed by atoms with Gasteiger partial charge in [0.05, 0.1) is 24.2 Å². The number of nitrogens with zero attached hydrogens (tertiary/aromatic N) is 2. The summed E-state index contributed by atoms with van der Waals surface area (Å²) in [6, 6.07) is 3.12. The van der Waals surface area contributed by atoms with Gasteiger partial charge in [-0.3, -0.25) is 4.99 Å². The van der Waals surface area contributed by atoms with Gasteiger partial charge in [0, 0.05) is 41.8 Å². The van der Waals surface area contributed by atoms with E-state index in [1.165, 1.54) is 6.07 Å². The molecule has 3 aliphatic rings. The Bertz CT molecular complexity index is 984. The third-order valence-corrected chi connectivity index (χ3v) is 6.07. The number of benzene rings is 1. The SMILES string of the molecule is CCOC(=O)C1=CCC2CCC(=NCc3c(F)ccc4c3CCO4)N=CC(Br)=C2N1. The zero-order valence-corrected chi connectivity index (χ0v) is 18.3. The summed E-state index contributed by atoms with van der Waals surface area (Å²) in [6.45, 7) is 2.94. The molecule has 158 valence electrons. The van der Waals surface area contributed by atoms with Gasteiger partial charge >= 0.3 is 5.97 Å². The molecule has 0 saturated carbocycles. The van der Waals surface area contributed by atoms with Crippen LogP contribution in [-0.4, -0.2) is 31.2 Å². The molecule has 3 aliphatic heterocycles. The molecule has 0 bridgehead atoms. The van der Waals surface area contributed by atoms with Gasteiger partial charge in [-0.15, -0.1) is 0 Å². The molecule has 1 atom stereocenters. The summed E-state index contributed by atoms with van der Waals surface area (Å²) in [4.78, 5) is 21.1. The average molecular weight is 476 g/mol. The fourth-order valence-corrected chi connectivity index (χ4v) is 4.41. The lowest BCUT2D eigenvalue weighted by atomic mass is 9.91. The number of allylic oxidation sites excluding steroid dienone is 3. The molecule has 0 saturated heterocycles. The Balaban J connectivity index is 1.52. The molecular weight excluding hydrogens is 453 g/mol. The van der Waals surface area contributed by atoms with E-state index in [2.05, 4.69) is 31.2 Å². The molecule has 1 aromatic carbocycles. The Morgan fingerprint density at radius 2 is 2.30 bits per heavy atom. The number of hydrogen-bond donors (Lipinski definition) is 1. The molecule has 0 amide bonds. The van der Waals surface area contributed by atoms with Crippen molar-refractivity contribution in [2.75, 3.05) is 13.2 Å². The quantitative estimate of drug-likeness (QED) is 0.662. The highest BCUT2D eigenvalue weighted by molar-refractivity contribution is 9.12. The number of carbonyl (C=O) groups excluding carboxylic acids is 1. The van der Waals surface area contributed by atoms with E-state index in [1.807, 2.05) is 6.08 Å². The molecule has 3 heterocycles. The van der Waals surface area contributed by atoms with Crippen LogP contribution in [0.25, 0.3) is 0 Å². The van der Waals surface area contributed by atoms with Crippen LogP contribution in [0, 0.1) is 11.7 Å². The lowest BCUT2D eigenvalue weighted by Crippen LogP contribution is -2.31. The number of rotatable bonds is 4. The van der Waals surface area contributed by atoms with Crippen molar-refractivity contribution in [3.8, 4) is 5.75 Å². The Labute approximate surface area is 183 Å². The van der Waals surface area contributed by atoms with Gasteiger partial charge in [0.1, 0.15) is 23.1 Å². The van der Waals surface area contributed by atoms with Crippen LogP contribution in [0.5, 0.6) is 5.75 Å². The summed E-state index contributed by atoms with van der Waals surface area (Å²) < 4.78 is 25.7. The third kappa shape index (κ3) is 4.33. The second-order valence-corrected chi connectivity index (χ2v) is 8.14. The minimum Gasteiger partial charge on any atom is -0.493 e. The molecule has 30 heavy (non-hydrogen) atoms. The standard InChI is InChI=1S/C22H23BrFN3O3/c1-2-29-22(28)18-6-3-13-4-8-20(26-12-16(23)21(13)27-18)25-11-15-14-9-10-30-19(14)7-5-17(15)24/h5-7,12-13,27H,2-4,8-11H2,1H3. The van der Waals surface area contributed by atoms with Crippen molar-refractivity contribution in [1.29, 1.82) is 0 Å². The largest absolute Gasteiger partial charge is 0.493 e. The van der Waals surface area contributed by atoms with Crippen LogP contribution in [0.4, 0.5) is 4.39 Å². The van der Waals surface area contributed by atoms with Crippen molar-refractivity contribution in [3.05, 3.63) is 51.0 Å². The van der Waals surface area contributed by atoms with E-state index >= 15 is 0 Å². The second-order valence-electron chi connectivity index (χ2n) is 7.29. The molecule has 0 radical (unpaired) electrons. The molecule has 0 aliphatic carbocycles. The van der Waals surface area contributed by atoms with Crippen LogP contribution in [0.2, 0.25) is 0 Å². The minimum absolute atomic E-state index is 0.209. The lowest BCUT2D eigenvalue weighted by Gasteiger charge is -2.28. The van der Waals surface area contributed by atoms with E-state index < -0.39 is 0 Å². The number of ether oxygens (including phenoxy) is 2. The molecule has 0 fully saturated rings. The second kappa shape index (κ2) is 9.12. The van der Waals surface area contributed by atoms with Crippen molar-refractivity contribution in [2.24, 2.45) is 15.9 Å². The number of esters is 1. The Kier molecular flexibility index (Phi) is 6.32. The molecule has 1 unspecified atom stereocenters. The average Bonchev–Trinajstić information content (AvgIpc) is 3.22. The zero-order chi connectivity index (χ0) is 21.1. The van der Waals surface area contributed by atoms with Crippen LogP contribution in [0.3, 0.4) is 0 Å². The van der Waals surface area contributed by atoms with Crippen LogP contribution < -0.4 is 10.1 Å². The van der Waals surface area contributed by atoms with E-state index in [-0.39, 0.29) is 24.2 Å². The van der Waals surface area contributed by atoms with Gasteiger partial charge in [0.15, 0.2) is 0 Å². The van der Waals surface area contributed by atoms with Crippen LogP contribution in [0.1, 0.15) is 37.3 Å². The first-order chi connectivity index (χ1) is 14.6. The first-order valence-electron chi connectivity index (χ1n) is 10.1. The predicted molar refractivity (Wildman–Crippen MR) is 116 cm³/mol. The molecule has 1 aromatic rings. The van der Waals surface area contributed by atoms with E-state index in [1.54, 1.807) is 19.2 Å². The number of nitrogens with one attached hydrogen (secondary N) is 1. The maximum Gasteiger partial charge on any atom is 0.354 e. The van der Waals surface area contributed by atoms with Crippen molar-refractivity contribution in [1.82, 2.24) is 5.32 Å². The van der Waals surface area contributed by atoms with E-state index in [0.29, 0.717) is 43.2 Å². The molecule has 0 aromatic heterocycles. The van der Waals surface area contributed by atoms with Gasteiger partial charge in [-0.05, 0) is 47.8 Å².